The maximum Gasteiger partial charge on any atom is 0.218 e. The molecular weight excluding hydrogens is 230 g/mol. The summed E-state index contributed by atoms with van der Waals surface area (Å²) in [5.74, 6) is 2.09. The molecule has 2 rings (SSSR count). The number of hydrogen-bond acceptors (Lipinski definition) is 5. The first-order chi connectivity index (χ1) is 8.88. The van der Waals surface area contributed by atoms with Crippen molar-refractivity contribution in [2.24, 2.45) is 0 Å². The van der Waals surface area contributed by atoms with Gasteiger partial charge in [-0.3, -0.25) is 0 Å². The zero-order valence-corrected chi connectivity index (χ0v) is 10.2. The number of aromatic nitrogens is 2. The molecule has 0 bridgehead atoms. The summed E-state index contributed by atoms with van der Waals surface area (Å²) in [4.78, 5) is 8.00. The summed E-state index contributed by atoms with van der Waals surface area (Å²) in [6, 6.07) is 11.4. The standard InChI is InChI=1S/C13H15N3O2/c1-14-12-9-13(16-10-15-12)18-8-7-17-11-5-3-2-4-6-11/h2-6,9-10H,7-8H2,1H3,(H,14,15,16). The van der Waals surface area contributed by atoms with Crippen LogP contribution in [0.5, 0.6) is 11.6 Å². The minimum atomic E-state index is 0.440. The van der Waals surface area contributed by atoms with Gasteiger partial charge >= 0.3 is 0 Å². The van der Waals surface area contributed by atoms with Crippen molar-refractivity contribution in [3.05, 3.63) is 42.7 Å². The van der Waals surface area contributed by atoms with Crippen molar-refractivity contribution < 1.29 is 9.47 Å². The average molecular weight is 245 g/mol. The van der Waals surface area contributed by atoms with Crippen molar-refractivity contribution in [1.82, 2.24) is 9.97 Å². The number of anilines is 1. The van der Waals surface area contributed by atoms with E-state index in [0.29, 0.717) is 19.1 Å². The van der Waals surface area contributed by atoms with Crippen LogP contribution in [0.1, 0.15) is 0 Å². The fourth-order valence-corrected chi connectivity index (χ4v) is 1.38. The van der Waals surface area contributed by atoms with Crippen molar-refractivity contribution in [3.63, 3.8) is 0 Å². The quantitative estimate of drug-likeness (QED) is 0.788. The molecule has 0 saturated carbocycles. The molecule has 0 spiro atoms. The fourth-order valence-electron chi connectivity index (χ4n) is 1.38. The molecule has 0 atom stereocenters. The van der Waals surface area contributed by atoms with Crippen LogP contribution in [0.2, 0.25) is 0 Å². The van der Waals surface area contributed by atoms with Gasteiger partial charge in [-0.2, -0.15) is 0 Å². The lowest BCUT2D eigenvalue weighted by Crippen LogP contribution is -2.10. The highest BCUT2D eigenvalue weighted by Crippen LogP contribution is 2.11. The van der Waals surface area contributed by atoms with Gasteiger partial charge in [0.05, 0.1) is 0 Å². The Balaban J connectivity index is 1.75. The van der Waals surface area contributed by atoms with E-state index in [1.54, 1.807) is 13.1 Å². The topological polar surface area (TPSA) is 56.3 Å². The Labute approximate surface area is 106 Å². The number of hydrogen-bond donors (Lipinski definition) is 1. The number of benzene rings is 1. The van der Waals surface area contributed by atoms with E-state index in [2.05, 4.69) is 15.3 Å². The zero-order valence-electron chi connectivity index (χ0n) is 10.2. The summed E-state index contributed by atoms with van der Waals surface area (Å²) >= 11 is 0. The van der Waals surface area contributed by atoms with Crippen molar-refractivity contribution in [2.45, 2.75) is 0 Å². The highest BCUT2D eigenvalue weighted by molar-refractivity contribution is 5.35. The first-order valence-corrected chi connectivity index (χ1v) is 5.69. The molecule has 0 radical (unpaired) electrons. The van der Waals surface area contributed by atoms with Crippen LogP contribution in [-0.4, -0.2) is 30.2 Å². The van der Waals surface area contributed by atoms with Crippen molar-refractivity contribution in [3.8, 4) is 11.6 Å². The van der Waals surface area contributed by atoms with E-state index in [9.17, 15) is 0 Å². The maximum atomic E-state index is 5.50. The smallest absolute Gasteiger partial charge is 0.218 e. The Morgan fingerprint density at radius 2 is 1.83 bits per heavy atom. The van der Waals surface area contributed by atoms with Gasteiger partial charge in [-0.05, 0) is 12.1 Å². The van der Waals surface area contributed by atoms with Crippen molar-refractivity contribution >= 4 is 5.82 Å². The summed E-state index contributed by atoms with van der Waals surface area (Å²) in [6.07, 6.45) is 1.46. The molecule has 5 heteroatoms. The molecule has 1 N–H and O–H groups in total. The van der Waals surface area contributed by atoms with Crippen LogP contribution in [0, 0.1) is 0 Å². The predicted octanol–water partition coefficient (Wildman–Crippen LogP) is 1.98. The van der Waals surface area contributed by atoms with Gasteiger partial charge in [0.25, 0.3) is 0 Å². The second-order valence-electron chi connectivity index (χ2n) is 3.50. The first-order valence-electron chi connectivity index (χ1n) is 5.69. The molecule has 0 aliphatic rings. The van der Waals surface area contributed by atoms with Gasteiger partial charge in [-0.1, -0.05) is 18.2 Å². The third-order valence-electron chi connectivity index (χ3n) is 2.24. The number of nitrogens with zero attached hydrogens (tertiary/aromatic N) is 2. The molecule has 2 aromatic rings. The molecular formula is C13H15N3O2. The second-order valence-corrected chi connectivity index (χ2v) is 3.50. The van der Waals surface area contributed by atoms with Crippen LogP contribution in [0.4, 0.5) is 5.82 Å². The first kappa shape index (κ1) is 12.2. The highest BCUT2D eigenvalue weighted by Gasteiger charge is 1.98. The number of nitrogens with one attached hydrogen (secondary N) is 1. The molecule has 0 aliphatic heterocycles. The summed E-state index contributed by atoms with van der Waals surface area (Å²) in [5.41, 5.74) is 0. The van der Waals surface area contributed by atoms with Crippen LogP contribution in [-0.2, 0) is 0 Å². The third kappa shape index (κ3) is 3.62. The fraction of sp³-hybridized carbons (Fsp3) is 0.231. The van der Waals surface area contributed by atoms with Gasteiger partial charge in [-0.15, -0.1) is 0 Å². The number of para-hydroxylation sites is 1. The second kappa shape index (κ2) is 6.44. The van der Waals surface area contributed by atoms with Gasteiger partial charge in [0.15, 0.2) is 0 Å². The molecule has 1 heterocycles. The van der Waals surface area contributed by atoms with E-state index in [1.165, 1.54) is 6.33 Å². The molecule has 0 aliphatic carbocycles. The number of rotatable bonds is 6. The molecule has 0 saturated heterocycles. The van der Waals surface area contributed by atoms with E-state index < -0.39 is 0 Å². The van der Waals surface area contributed by atoms with Crippen LogP contribution in [0.25, 0.3) is 0 Å². The third-order valence-corrected chi connectivity index (χ3v) is 2.24. The molecule has 5 nitrogen and oxygen atoms in total. The lowest BCUT2D eigenvalue weighted by atomic mass is 10.3. The normalized spacial score (nSPS) is 9.83. The summed E-state index contributed by atoms with van der Waals surface area (Å²) in [7, 11) is 1.80. The lowest BCUT2D eigenvalue weighted by Gasteiger charge is -2.08. The lowest BCUT2D eigenvalue weighted by molar-refractivity contribution is 0.212. The average Bonchev–Trinajstić information content (AvgIpc) is 2.45. The molecule has 18 heavy (non-hydrogen) atoms. The van der Waals surface area contributed by atoms with E-state index in [-0.39, 0.29) is 0 Å². The number of ether oxygens (including phenoxy) is 2. The molecule has 94 valence electrons. The van der Waals surface area contributed by atoms with E-state index in [1.807, 2.05) is 30.3 Å². The van der Waals surface area contributed by atoms with Gasteiger partial charge in [-0.25, -0.2) is 9.97 Å². The Morgan fingerprint density at radius 3 is 2.61 bits per heavy atom. The monoisotopic (exact) mass is 245 g/mol. The van der Waals surface area contributed by atoms with E-state index in [0.717, 1.165) is 11.6 Å². The van der Waals surface area contributed by atoms with Gasteiger partial charge < -0.3 is 14.8 Å². The van der Waals surface area contributed by atoms with Gasteiger partial charge in [0, 0.05) is 13.1 Å². The molecule has 0 amide bonds. The molecule has 1 aromatic heterocycles. The van der Waals surface area contributed by atoms with Gasteiger partial charge in [0.2, 0.25) is 5.88 Å². The predicted molar refractivity (Wildman–Crippen MR) is 69.0 cm³/mol. The Kier molecular flexibility index (Phi) is 4.35. The molecule has 1 aromatic carbocycles. The summed E-state index contributed by atoms with van der Waals surface area (Å²) < 4.78 is 11.0. The van der Waals surface area contributed by atoms with Crippen LogP contribution < -0.4 is 14.8 Å². The summed E-state index contributed by atoms with van der Waals surface area (Å²) in [5, 5.41) is 2.92. The van der Waals surface area contributed by atoms with Gasteiger partial charge in [0.1, 0.15) is 31.1 Å². The minimum Gasteiger partial charge on any atom is -0.490 e. The molecule has 0 unspecified atom stereocenters. The zero-order chi connectivity index (χ0) is 12.6. The van der Waals surface area contributed by atoms with Crippen LogP contribution >= 0.6 is 0 Å². The van der Waals surface area contributed by atoms with E-state index >= 15 is 0 Å². The van der Waals surface area contributed by atoms with Crippen molar-refractivity contribution in [2.75, 3.05) is 25.6 Å². The Bertz CT molecular complexity index is 477. The Hall–Kier alpha value is -2.30. The Morgan fingerprint density at radius 1 is 1.06 bits per heavy atom. The largest absolute Gasteiger partial charge is 0.490 e. The summed E-state index contributed by atoms with van der Waals surface area (Å²) in [6.45, 7) is 0.915. The van der Waals surface area contributed by atoms with Crippen LogP contribution in [0.15, 0.2) is 42.7 Å². The van der Waals surface area contributed by atoms with E-state index in [4.69, 9.17) is 9.47 Å². The van der Waals surface area contributed by atoms with Crippen LogP contribution in [0.3, 0.4) is 0 Å². The molecule has 0 fully saturated rings. The minimum absolute atomic E-state index is 0.440. The maximum absolute atomic E-state index is 5.50. The SMILES string of the molecule is CNc1cc(OCCOc2ccccc2)ncn1. The highest BCUT2D eigenvalue weighted by atomic mass is 16.5. The van der Waals surface area contributed by atoms with Crippen molar-refractivity contribution in [1.29, 1.82) is 0 Å².